The van der Waals surface area contributed by atoms with Crippen LogP contribution in [0.1, 0.15) is 19.8 Å². The largest absolute Gasteiger partial charge is 0.478 e. The van der Waals surface area contributed by atoms with Crippen molar-refractivity contribution in [3.63, 3.8) is 0 Å². The first-order valence-electron chi connectivity index (χ1n) is 7.21. The molecule has 6 atom stereocenters. The van der Waals surface area contributed by atoms with Crippen LogP contribution in [0.3, 0.4) is 0 Å². The molecule has 3 aliphatic carbocycles. The predicted molar refractivity (Wildman–Crippen MR) is 65.6 cm³/mol. The van der Waals surface area contributed by atoms with Gasteiger partial charge in [-0.15, -0.1) is 0 Å². The third-order valence-corrected chi connectivity index (χ3v) is 6.64. The molecule has 0 aromatic carbocycles. The van der Waals surface area contributed by atoms with Crippen LogP contribution in [-0.2, 0) is 19.1 Å². The summed E-state index contributed by atoms with van der Waals surface area (Å²) < 4.78 is 10.9. The molecule has 0 unspecified atom stereocenters. The van der Waals surface area contributed by atoms with Crippen LogP contribution in [0.2, 0.25) is 0 Å². The van der Waals surface area contributed by atoms with Crippen LogP contribution in [0, 0.1) is 28.6 Å². The van der Waals surface area contributed by atoms with Crippen molar-refractivity contribution in [2.45, 2.75) is 25.4 Å². The van der Waals surface area contributed by atoms with E-state index in [4.69, 9.17) is 9.47 Å². The predicted octanol–water partition coefficient (Wildman–Crippen LogP) is 0.985. The number of carbonyl (C=O) groups excluding carboxylic acids is 1. The topological polar surface area (TPSA) is 76.1 Å². The first kappa shape index (κ1) is 11.3. The Morgan fingerprint density at radius 3 is 2.90 bits per heavy atom. The lowest BCUT2D eigenvalue weighted by molar-refractivity contribution is -0.175. The quantitative estimate of drug-likeness (QED) is 0.571. The SMILES string of the molecule is C[C@]12C[C@H]1[C@@H]1C=C(C(=O)O)[C@H]3COC(=O)[C@]4(CO4)[C@]31C2. The Bertz CT molecular complexity index is 603. The standard InChI is InChI=1S/C15H16O5/c1-13-3-9(13)8-2-7(11(16)17)10-4-19-12(18)15(6-20-15)14(8,10)5-13/h2,8-10H,3-6H2,1H3,(H,16,17)/t8-,9-,10+,13+,14-,15+/m0/s1. The van der Waals surface area contributed by atoms with Crippen LogP contribution in [-0.4, -0.2) is 35.9 Å². The number of aliphatic carboxylic acids is 1. The van der Waals surface area contributed by atoms with Gasteiger partial charge in [0, 0.05) is 16.9 Å². The summed E-state index contributed by atoms with van der Waals surface area (Å²) in [5.41, 5.74) is -0.510. The van der Waals surface area contributed by atoms with E-state index in [-0.39, 0.29) is 35.2 Å². The van der Waals surface area contributed by atoms with Gasteiger partial charge in [-0.1, -0.05) is 13.0 Å². The Hall–Kier alpha value is -1.36. The molecule has 2 spiro atoms. The molecule has 0 radical (unpaired) electrons. The van der Waals surface area contributed by atoms with E-state index in [1.54, 1.807) is 0 Å². The summed E-state index contributed by atoms with van der Waals surface area (Å²) in [7, 11) is 0. The minimum atomic E-state index is -0.875. The fraction of sp³-hybridized carbons (Fsp3) is 0.733. The van der Waals surface area contributed by atoms with Crippen molar-refractivity contribution in [2.24, 2.45) is 28.6 Å². The number of carbonyl (C=O) groups is 2. The second-order valence-corrected chi connectivity index (χ2v) is 7.40. The van der Waals surface area contributed by atoms with Gasteiger partial charge >= 0.3 is 11.9 Å². The Morgan fingerprint density at radius 1 is 1.50 bits per heavy atom. The first-order valence-corrected chi connectivity index (χ1v) is 7.21. The van der Waals surface area contributed by atoms with Crippen molar-refractivity contribution in [1.82, 2.24) is 0 Å². The Morgan fingerprint density at radius 2 is 2.25 bits per heavy atom. The molecule has 0 bridgehead atoms. The Labute approximate surface area is 115 Å². The maximum absolute atomic E-state index is 12.2. The number of fused-ring (bicyclic) bond motifs is 2. The molecule has 0 aromatic heterocycles. The number of epoxide rings is 1. The maximum atomic E-state index is 12.2. The molecular formula is C15H16O5. The van der Waals surface area contributed by atoms with E-state index >= 15 is 0 Å². The third-order valence-electron chi connectivity index (χ3n) is 6.64. The molecule has 4 fully saturated rings. The Kier molecular flexibility index (Phi) is 1.59. The smallest absolute Gasteiger partial charge is 0.341 e. The van der Waals surface area contributed by atoms with Crippen molar-refractivity contribution in [3.05, 3.63) is 11.6 Å². The summed E-state index contributed by atoms with van der Waals surface area (Å²) in [4.78, 5) is 23.8. The van der Waals surface area contributed by atoms with Crippen LogP contribution in [0.5, 0.6) is 0 Å². The van der Waals surface area contributed by atoms with Gasteiger partial charge in [-0.3, -0.25) is 0 Å². The minimum Gasteiger partial charge on any atom is -0.478 e. The van der Waals surface area contributed by atoms with Gasteiger partial charge in [-0.05, 0) is 30.1 Å². The van der Waals surface area contributed by atoms with E-state index < -0.39 is 11.6 Å². The number of esters is 1. The molecule has 20 heavy (non-hydrogen) atoms. The zero-order valence-corrected chi connectivity index (χ0v) is 11.2. The lowest BCUT2D eigenvalue weighted by Crippen LogP contribution is -2.57. The molecule has 2 aliphatic heterocycles. The number of carboxylic acid groups (broad SMARTS) is 1. The molecule has 5 heteroatoms. The molecule has 0 amide bonds. The Balaban J connectivity index is 1.71. The molecule has 1 N–H and O–H groups in total. The number of hydrogen-bond donors (Lipinski definition) is 1. The van der Waals surface area contributed by atoms with Crippen LogP contribution >= 0.6 is 0 Å². The van der Waals surface area contributed by atoms with Crippen molar-refractivity contribution in [3.8, 4) is 0 Å². The second kappa shape index (κ2) is 2.82. The van der Waals surface area contributed by atoms with Gasteiger partial charge < -0.3 is 14.6 Å². The molecule has 2 saturated carbocycles. The number of carboxylic acids is 1. The molecule has 5 nitrogen and oxygen atoms in total. The lowest BCUT2D eigenvalue weighted by Gasteiger charge is -2.45. The zero-order chi connectivity index (χ0) is 13.9. The highest BCUT2D eigenvalue weighted by molar-refractivity contribution is 5.92. The van der Waals surface area contributed by atoms with Crippen molar-refractivity contribution >= 4 is 11.9 Å². The summed E-state index contributed by atoms with van der Waals surface area (Å²) in [6.45, 7) is 2.84. The third kappa shape index (κ3) is 0.917. The number of cyclic esters (lactones) is 1. The lowest BCUT2D eigenvalue weighted by atomic mass is 9.59. The summed E-state index contributed by atoms with van der Waals surface area (Å²) >= 11 is 0. The minimum absolute atomic E-state index is 0.166. The van der Waals surface area contributed by atoms with Crippen LogP contribution in [0.25, 0.3) is 0 Å². The fourth-order valence-corrected chi connectivity index (χ4v) is 5.64. The molecule has 0 aromatic rings. The second-order valence-electron chi connectivity index (χ2n) is 7.40. The normalized spacial score (nSPS) is 57.5. The van der Waals surface area contributed by atoms with Gasteiger partial charge in [0.1, 0.15) is 0 Å². The van der Waals surface area contributed by atoms with Gasteiger partial charge in [0.25, 0.3) is 0 Å². The van der Waals surface area contributed by atoms with Gasteiger partial charge in [-0.2, -0.15) is 0 Å². The molecule has 5 aliphatic rings. The van der Waals surface area contributed by atoms with Gasteiger partial charge in [0.05, 0.1) is 13.2 Å². The van der Waals surface area contributed by atoms with Crippen LogP contribution in [0.15, 0.2) is 11.6 Å². The van der Waals surface area contributed by atoms with E-state index in [0.717, 1.165) is 12.8 Å². The number of rotatable bonds is 1. The van der Waals surface area contributed by atoms with Crippen molar-refractivity contribution in [1.29, 1.82) is 0 Å². The summed E-state index contributed by atoms with van der Waals surface area (Å²) in [6, 6.07) is 0. The maximum Gasteiger partial charge on any atom is 0.341 e. The summed E-state index contributed by atoms with van der Waals surface area (Å²) in [5.74, 6) is -0.675. The molecule has 2 heterocycles. The monoisotopic (exact) mass is 276 g/mol. The van der Waals surface area contributed by atoms with Crippen LogP contribution in [0.4, 0.5) is 0 Å². The van der Waals surface area contributed by atoms with Gasteiger partial charge in [0.2, 0.25) is 0 Å². The van der Waals surface area contributed by atoms with Crippen LogP contribution < -0.4 is 0 Å². The van der Waals surface area contributed by atoms with E-state index in [0.29, 0.717) is 18.1 Å². The van der Waals surface area contributed by atoms with E-state index in [1.807, 2.05) is 6.08 Å². The zero-order valence-electron chi connectivity index (χ0n) is 11.2. The van der Waals surface area contributed by atoms with Gasteiger partial charge in [0.15, 0.2) is 5.60 Å². The average molecular weight is 276 g/mol. The highest BCUT2D eigenvalue weighted by Gasteiger charge is 2.84. The average Bonchev–Trinajstić information content (AvgIpc) is 3.24. The van der Waals surface area contributed by atoms with Crippen molar-refractivity contribution in [2.75, 3.05) is 13.2 Å². The highest BCUT2D eigenvalue weighted by atomic mass is 16.6. The highest BCUT2D eigenvalue weighted by Crippen LogP contribution is 2.81. The van der Waals surface area contributed by atoms with Gasteiger partial charge in [-0.25, -0.2) is 9.59 Å². The number of allylic oxidation sites excluding steroid dienone is 1. The number of hydrogen-bond acceptors (Lipinski definition) is 4. The summed E-state index contributed by atoms with van der Waals surface area (Å²) in [6.07, 6.45) is 3.95. The van der Waals surface area contributed by atoms with E-state index in [1.165, 1.54) is 0 Å². The van der Waals surface area contributed by atoms with E-state index in [9.17, 15) is 14.7 Å². The first-order chi connectivity index (χ1) is 9.45. The van der Waals surface area contributed by atoms with Crippen molar-refractivity contribution < 1.29 is 24.2 Å². The van der Waals surface area contributed by atoms with E-state index in [2.05, 4.69) is 6.92 Å². The number of ether oxygens (including phenoxy) is 2. The fourth-order valence-electron chi connectivity index (χ4n) is 5.64. The molecule has 106 valence electrons. The molecular weight excluding hydrogens is 260 g/mol. The molecule has 2 saturated heterocycles. The summed E-state index contributed by atoms with van der Waals surface area (Å²) in [5, 5.41) is 9.47. The molecule has 5 rings (SSSR count).